The molecule has 1 heterocycles. The number of carbonyl (C=O) groups is 1. The molecule has 2 N–H and O–H groups in total. The zero-order chi connectivity index (χ0) is 10.3. The van der Waals surface area contributed by atoms with E-state index in [1.54, 1.807) is 4.90 Å². The number of rotatable bonds is 0. The van der Waals surface area contributed by atoms with Crippen molar-refractivity contribution in [1.82, 2.24) is 9.80 Å². The highest BCUT2D eigenvalue weighted by molar-refractivity contribution is 5.74. The molecule has 1 aliphatic heterocycles. The summed E-state index contributed by atoms with van der Waals surface area (Å²) < 4.78 is 0. The van der Waals surface area contributed by atoms with Crippen LogP contribution in [-0.4, -0.2) is 49.1 Å². The summed E-state index contributed by atoms with van der Waals surface area (Å²) in [6, 6.07) is 0.523. The monoisotopic (exact) mass is 197 g/mol. The minimum Gasteiger partial charge on any atom is -0.331 e. The summed E-state index contributed by atoms with van der Waals surface area (Å²) in [5.74, 6) is 1.32. The predicted molar refractivity (Wildman–Crippen MR) is 54.8 cm³/mol. The first-order valence-corrected chi connectivity index (χ1v) is 5.29. The number of nitrogens with two attached hydrogens (primary N) is 1. The molecule has 1 saturated heterocycles. The molecule has 0 aromatic heterocycles. The first-order chi connectivity index (χ1) is 6.58. The van der Waals surface area contributed by atoms with Crippen LogP contribution in [-0.2, 0) is 0 Å². The molecule has 2 fully saturated rings. The summed E-state index contributed by atoms with van der Waals surface area (Å²) >= 11 is 0. The second kappa shape index (κ2) is 3.42. The van der Waals surface area contributed by atoms with Crippen LogP contribution in [0.15, 0.2) is 0 Å². The molecule has 1 saturated carbocycles. The lowest BCUT2D eigenvalue weighted by molar-refractivity contribution is 0.178. The number of hydrogen-bond acceptors (Lipinski definition) is 2. The summed E-state index contributed by atoms with van der Waals surface area (Å²) in [5.41, 5.74) is 5.89. The Labute approximate surface area is 85.0 Å². The molecule has 0 aromatic carbocycles. The number of nitrogens with zero attached hydrogens (tertiary/aromatic N) is 2. The summed E-state index contributed by atoms with van der Waals surface area (Å²) in [6.07, 6.45) is 2.20. The van der Waals surface area contributed by atoms with Gasteiger partial charge in [-0.1, -0.05) is 0 Å². The van der Waals surface area contributed by atoms with E-state index in [2.05, 4.69) is 0 Å². The first kappa shape index (κ1) is 9.77. The van der Waals surface area contributed by atoms with Gasteiger partial charge in [-0.25, -0.2) is 4.79 Å². The average Bonchev–Trinajstić information content (AvgIpc) is 2.59. The fourth-order valence-corrected chi connectivity index (χ4v) is 2.79. The van der Waals surface area contributed by atoms with E-state index in [1.807, 2.05) is 19.0 Å². The molecule has 1 aliphatic carbocycles. The highest BCUT2D eigenvalue weighted by Gasteiger charge is 2.41. The fourth-order valence-electron chi connectivity index (χ4n) is 2.79. The lowest BCUT2D eigenvalue weighted by Crippen LogP contribution is -2.38. The van der Waals surface area contributed by atoms with Crippen molar-refractivity contribution in [1.29, 1.82) is 0 Å². The number of likely N-dealkylation sites (tertiary alicyclic amines) is 1. The van der Waals surface area contributed by atoms with Gasteiger partial charge < -0.3 is 15.5 Å². The van der Waals surface area contributed by atoms with E-state index >= 15 is 0 Å². The molecule has 1 unspecified atom stereocenters. The fraction of sp³-hybridized carbons (Fsp3) is 0.900. The van der Waals surface area contributed by atoms with Gasteiger partial charge in [0, 0.05) is 33.2 Å². The summed E-state index contributed by atoms with van der Waals surface area (Å²) in [4.78, 5) is 15.3. The molecule has 0 aromatic rings. The molecule has 4 heteroatoms. The molecule has 2 amide bonds. The van der Waals surface area contributed by atoms with Crippen LogP contribution < -0.4 is 5.73 Å². The van der Waals surface area contributed by atoms with Crippen LogP contribution in [0, 0.1) is 11.8 Å². The van der Waals surface area contributed by atoms with Crippen molar-refractivity contribution < 1.29 is 4.79 Å². The van der Waals surface area contributed by atoms with E-state index in [1.165, 1.54) is 0 Å². The molecular weight excluding hydrogens is 178 g/mol. The van der Waals surface area contributed by atoms with Gasteiger partial charge in [0.25, 0.3) is 0 Å². The maximum atomic E-state index is 11.7. The minimum atomic E-state index is 0.146. The number of carbonyl (C=O) groups excluding carboxylic acids is 1. The number of fused-ring (bicyclic) bond motifs is 1. The zero-order valence-electron chi connectivity index (χ0n) is 8.94. The van der Waals surface area contributed by atoms with E-state index in [4.69, 9.17) is 5.73 Å². The van der Waals surface area contributed by atoms with Gasteiger partial charge in [0.2, 0.25) is 0 Å². The number of hydrogen-bond donors (Lipinski definition) is 1. The maximum absolute atomic E-state index is 11.7. The van der Waals surface area contributed by atoms with E-state index in [9.17, 15) is 4.79 Å². The molecule has 14 heavy (non-hydrogen) atoms. The Morgan fingerprint density at radius 2 is 1.79 bits per heavy atom. The number of urea groups is 1. The molecule has 0 radical (unpaired) electrons. The molecule has 0 spiro atoms. The summed E-state index contributed by atoms with van der Waals surface area (Å²) in [7, 11) is 3.62. The topological polar surface area (TPSA) is 49.6 Å². The molecule has 4 nitrogen and oxygen atoms in total. The molecule has 0 bridgehead atoms. The van der Waals surface area contributed by atoms with Gasteiger partial charge in [-0.15, -0.1) is 0 Å². The lowest BCUT2D eigenvalue weighted by Gasteiger charge is -2.22. The average molecular weight is 197 g/mol. The van der Waals surface area contributed by atoms with Crippen LogP contribution in [0.1, 0.15) is 12.8 Å². The van der Waals surface area contributed by atoms with E-state index in [0.29, 0.717) is 17.9 Å². The third kappa shape index (κ3) is 1.59. The van der Waals surface area contributed by atoms with Crippen LogP contribution in [0.2, 0.25) is 0 Å². The second-order valence-corrected chi connectivity index (χ2v) is 4.83. The highest BCUT2D eigenvalue weighted by Crippen LogP contribution is 2.37. The standard InChI is InChI=1S/C10H19N3O/c1-12(2)10(14)13-5-7-3-9(11)4-8(7)6-13/h7-9H,3-6,11H2,1-2H3/t7-,8+,9?. The van der Waals surface area contributed by atoms with Crippen LogP contribution in [0.5, 0.6) is 0 Å². The van der Waals surface area contributed by atoms with Gasteiger partial charge in [0.1, 0.15) is 0 Å². The van der Waals surface area contributed by atoms with E-state index in [0.717, 1.165) is 25.9 Å². The molecular formula is C10H19N3O. The van der Waals surface area contributed by atoms with Crippen molar-refractivity contribution in [2.75, 3.05) is 27.2 Å². The molecule has 2 aliphatic rings. The van der Waals surface area contributed by atoms with Gasteiger partial charge in [-0.05, 0) is 24.7 Å². The van der Waals surface area contributed by atoms with E-state index in [-0.39, 0.29) is 6.03 Å². The van der Waals surface area contributed by atoms with Crippen molar-refractivity contribution >= 4 is 6.03 Å². The van der Waals surface area contributed by atoms with Crippen molar-refractivity contribution in [2.45, 2.75) is 18.9 Å². The van der Waals surface area contributed by atoms with Crippen molar-refractivity contribution in [3.8, 4) is 0 Å². The molecule has 2 rings (SSSR count). The van der Waals surface area contributed by atoms with Gasteiger partial charge in [-0.3, -0.25) is 0 Å². The number of amides is 2. The summed E-state index contributed by atoms with van der Waals surface area (Å²) in [6.45, 7) is 1.82. The highest BCUT2D eigenvalue weighted by atomic mass is 16.2. The Bertz CT molecular complexity index is 228. The van der Waals surface area contributed by atoms with Crippen molar-refractivity contribution in [3.05, 3.63) is 0 Å². The van der Waals surface area contributed by atoms with Gasteiger partial charge in [0.15, 0.2) is 0 Å². The minimum absolute atomic E-state index is 0.146. The first-order valence-electron chi connectivity index (χ1n) is 5.29. The summed E-state index contributed by atoms with van der Waals surface area (Å²) in [5, 5.41) is 0. The Kier molecular flexibility index (Phi) is 2.39. The SMILES string of the molecule is CN(C)C(=O)N1C[C@H]2CC(N)C[C@H]2C1. The quantitative estimate of drug-likeness (QED) is 0.608. The Balaban J connectivity index is 1.94. The lowest BCUT2D eigenvalue weighted by atomic mass is 10.0. The Morgan fingerprint density at radius 1 is 1.29 bits per heavy atom. The second-order valence-electron chi connectivity index (χ2n) is 4.83. The van der Waals surface area contributed by atoms with Crippen molar-refractivity contribution in [2.24, 2.45) is 17.6 Å². The van der Waals surface area contributed by atoms with Gasteiger partial charge in [0.05, 0.1) is 0 Å². The maximum Gasteiger partial charge on any atom is 0.319 e. The third-order valence-corrected chi connectivity index (χ3v) is 3.44. The van der Waals surface area contributed by atoms with Crippen molar-refractivity contribution in [3.63, 3.8) is 0 Å². The van der Waals surface area contributed by atoms with Gasteiger partial charge >= 0.3 is 6.03 Å². The Morgan fingerprint density at radius 3 is 2.21 bits per heavy atom. The zero-order valence-corrected chi connectivity index (χ0v) is 8.94. The molecule has 3 atom stereocenters. The molecule has 80 valence electrons. The van der Waals surface area contributed by atoms with Crippen LogP contribution in [0.4, 0.5) is 4.79 Å². The third-order valence-electron chi connectivity index (χ3n) is 3.44. The van der Waals surface area contributed by atoms with Crippen LogP contribution in [0.3, 0.4) is 0 Å². The van der Waals surface area contributed by atoms with Crippen LogP contribution >= 0.6 is 0 Å². The van der Waals surface area contributed by atoms with Crippen LogP contribution in [0.25, 0.3) is 0 Å². The van der Waals surface area contributed by atoms with Gasteiger partial charge in [-0.2, -0.15) is 0 Å². The largest absolute Gasteiger partial charge is 0.331 e. The predicted octanol–water partition coefficient (Wildman–Crippen LogP) is 0.337. The smallest absolute Gasteiger partial charge is 0.319 e. The van der Waals surface area contributed by atoms with E-state index < -0.39 is 0 Å². The normalized spacial score (nSPS) is 35.9. The Hall–Kier alpha value is -0.770.